The normalized spacial score (nSPS) is 43.0. The average molecular weight is 451 g/mol. The molecule has 4 aliphatic carbocycles. The molecule has 3 fully saturated rings. The highest BCUT2D eigenvalue weighted by molar-refractivity contribution is 5.92. The zero-order valence-corrected chi connectivity index (χ0v) is 19.6. The number of halogens is 1. The second-order valence-corrected chi connectivity index (χ2v) is 10.6. The summed E-state index contributed by atoms with van der Waals surface area (Å²) in [5, 5.41) is 0. The van der Waals surface area contributed by atoms with Crippen molar-refractivity contribution in [2.45, 2.75) is 77.5 Å². The maximum atomic E-state index is 15.5. The summed E-state index contributed by atoms with van der Waals surface area (Å²) in [6, 6.07) is 0. The molecule has 0 amide bonds. The molecule has 1 unspecified atom stereocenters. The highest BCUT2D eigenvalue weighted by Gasteiger charge is 2.68. The Morgan fingerprint density at radius 3 is 2.56 bits per heavy atom. The molecule has 0 radical (unpaired) electrons. The first-order valence-electron chi connectivity index (χ1n) is 11.8. The van der Waals surface area contributed by atoms with Crippen LogP contribution in [-0.4, -0.2) is 49.8 Å². The van der Waals surface area contributed by atoms with Crippen molar-refractivity contribution in [3.05, 3.63) is 11.6 Å². The number of esters is 1. The number of ketones is 2. The summed E-state index contributed by atoms with van der Waals surface area (Å²) >= 11 is 0. The van der Waals surface area contributed by atoms with Gasteiger partial charge in [0.25, 0.3) is 0 Å². The van der Waals surface area contributed by atoms with Crippen LogP contribution in [0.3, 0.4) is 0 Å². The van der Waals surface area contributed by atoms with E-state index in [4.69, 9.17) is 14.2 Å². The van der Waals surface area contributed by atoms with Crippen molar-refractivity contribution in [3.63, 3.8) is 0 Å². The lowest BCUT2D eigenvalue weighted by atomic mass is 9.46. The molecule has 32 heavy (non-hydrogen) atoms. The third-order valence-corrected chi connectivity index (χ3v) is 9.34. The molecule has 0 bridgehead atoms. The molecule has 0 aromatic heterocycles. The van der Waals surface area contributed by atoms with E-state index in [2.05, 4.69) is 13.8 Å². The van der Waals surface area contributed by atoms with Gasteiger partial charge in [-0.2, -0.15) is 0 Å². The molecule has 0 N–H and O–H groups in total. The number of allylic oxidation sites excluding steroid dienone is 1. The van der Waals surface area contributed by atoms with E-state index < -0.39 is 23.2 Å². The first-order valence-corrected chi connectivity index (χ1v) is 11.8. The smallest absolute Gasteiger partial charge is 0.303 e. The number of carbonyl (C=O) groups is 3. The van der Waals surface area contributed by atoms with Crippen molar-refractivity contribution in [2.24, 2.45) is 28.6 Å². The molecule has 0 aromatic carbocycles. The monoisotopic (exact) mass is 450 g/mol. The molecule has 3 saturated carbocycles. The number of hydrogen-bond acceptors (Lipinski definition) is 6. The van der Waals surface area contributed by atoms with Gasteiger partial charge in [-0.15, -0.1) is 0 Å². The van der Waals surface area contributed by atoms with Crippen molar-refractivity contribution in [3.8, 4) is 0 Å². The van der Waals surface area contributed by atoms with Gasteiger partial charge in [0.2, 0.25) is 5.78 Å². The molecule has 0 spiro atoms. The van der Waals surface area contributed by atoms with E-state index in [9.17, 15) is 14.4 Å². The van der Waals surface area contributed by atoms with Crippen LogP contribution in [0.15, 0.2) is 11.6 Å². The van der Waals surface area contributed by atoms with Gasteiger partial charge in [0.05, 0.1) is 0 Å². The molecule has 0 aliphatic heterocycles. The Morgan fingerprint density at radius 2 is 1.88 bits per heavy atom. The number of rotatable bonds is 6. The standard InChI is InChI=1S/C25H35FO6/c1-15(27)31-13-22(29)25(32-14-30-4)10-7-19-17-12-21(26)20-11-16(28)5-8-23(20,2)18(17)6-9-24(19,25)3/h11,17-19,21H,5-10,12-14H2,1-4H3/t17-,18+,19+,21?,23-,24+,25+/m1/s1. The lowest BCUT2D eigenvalue weighted by Gasteiger charge is -2.59. The van der Waals surface area contributed by atoms with Gasteiger partial charge in [0.1, 0.15) is 18.6 Å². The number of ether oxygens (including phenoxy) is 3. The maximum absolute atomic E-state index is 15.5. The molecule has 4 rings (SSSR count). The Morgan fingerprint density at radius 1 is 1.16 bits per heavy atom. The quantitative estimate of drug-likeness (QED) is 0.450. The zero-order valence-electron chi connectivity index (χ0n) is 19.6. The molecule has 7 atom stereocenters. The molecule has 7 heteroatoms. The first kappa shape index (κ1) is 23.6. The highest BCUT2D eigenvalue weighted by atomic mass is 19.1. The topological polar surface area (TPSA) is 78.9 Å². The van der Waals surface area contributed by atoms with Crippen LogP contribution in [0, 0.1) is 28.6 Å². The molecule has 178 valence electrons. The second kappa shape index (κ2) is 8.32. The summed E-state index contributed by atoms with van der Waals surface area (Å²) < 4.78 is 31.8. The van der Waals surface area contributed by atoms with Crippen molar-refractivity contribution < 1.29 is 33.0 Å². The van der Waals surface area contributed by atoms with Gasteiger partial charge in [-0.05, 0) is 73.3 Å². The van der Waals surface area contributed by atoms with E-state index in [1.807, 2.05) is 0 Å². The number of methoxy groups -OCH3 is 1. The van der Waals surface area contributed by atoms with Crippen LogP contribution in [0.2, 0.25) is 0 Å². The van der Waals surface area contributed by atoms with E-state index in [0.29, 0.717) is 31.3 Å². The average Bonchev–Trinajstić information content (AvgIpc) is 3.05. The van der Waals surface area contributed by atoms with Gasteiger partial charge in [-0.1, -0.05) is 13.8 Å². The van der Waals surface area contributed by atoms with Crippen molar-refractivity contribution in [1.82, 2.24) is 0 Å². The molecule has 0 aromatic rings. The second-order valence-electron chi connectivity index (χ2n) is 10.6. The number of hydrogen-bond donors (Lipinski definition) is 0. The van der Waals surface area contributed by atoms with E-state index in [1.165, 1.54) is 14.0 Å². The van der Waals surface area contributed by atoms with Crippen molar-refractivity contribution in [1.29, 1.82) is 0 Å². The molecule has 4 aliphatic rings. The van der Waals surface area contributed by atoms with Crippen LogP contribution in [-0.2, 0) is 28.6 Å². The Balaban J connectivity index is 1.67. The SMILES string of the molecule is COCO[C@]1(C(=O)COC(C)=O)CC[C@H]2[C@@H]3CC(F)C4=CC(=O)CC[C@]4(C)[C@H]3CC[C@@]21C. The molecular weight excluding hydrogens is 415 g/mol. The van der Waals surface area contributed by atoms with Crippen molar-refractivity contribution >= 4 is 17.5 Å². The van der Waals surface area contributed by atoms with E-state index in [0.717, 1.165) is 19.3 Å². The number of alkyl halides is 1. The maximum Gasteiger partial charge on any atom is 0.303 e. The van der Waals surface area contributed by atoms with Crippen LogP contribution in [0.4, 0.5) is 4.39 Å². The molecule has 0 saturated heterocycles. The van der Waals surface area contributed by atoms with Crippen molar-refractivity contribution in [2.75, 3.05) is 20.5 Å². The zero-order chi connectivity index (χ0) is 23.3. The third-order valence-electron chi connectivity index (χ3n) is 9.34. The van der Waals surface area contributed by atoms with Crippen LogP contribution >= 0.6 is 0 Å². The largest absolute Gasteiger partial charge is 0.458 e. The summed E-state index contributed by atoms with van der Waals surface area (Å²) in [5.74, 6) is -0.190. The fourth-order valence-electron chi connectivity index (χ4n) is 7.78. The third kappa shape index (κ3) is 3.38. The minimum atomic E-state index is -1.13. The van der Waals surface area contributed by atoms with E-state index in [1.54, 1.807) is 6.08 Å². The summed E-state index contributed by atoms with van der Waals surface area (Å²) in [6.45, 7) is 5.15. The van der Waals surface area contributed by atoms with Gasteiger partial charge in [-0.25, -0.2) is 4.39 Å². The predicted molar refractivity (Wildman–Crippen MR) is 114 cm³/mol. The van der Waals surface area contributed by atoms with Crippen LogP contribution in [0.5, 0.6) is 0 Å². The molecular formula is C25H35FO6. The van der Waals surface area contributed by atoms with Gasteiger partial charge in [0.15, 0.2) is 12.4 Å². The lowest BCUT2D eigenvalue weighted by molar-refractivity contribution is -0.205. The Bertz CT molecular complexity index is 838. The predicted octanol–water partition coefficient (Wildman–Crippen LogP) is 3.96. The molecule has 0 heterocycles. The lowest BCUT2D eigenvalue weighted by Crippen LogP contribution is -2.60. The van der Waals surface area contributed by atoms with Crippen LogP contribution in [0.1, 0.15) is 65.7 Å². The fraction of sp³-hybridized carbons (Fsp3) is 0.800. The van der Waals surface area contributed by atoms with Gasteiger partial charge in [0, 0.05) is 25.9 Å². The highest BCUT2D eigenvalue weighted by Crippen LogP contribution is 2.68. The molecule has 6 nitrogen and oxygen atoms in total. The minimum Gasteiger partial charge on any atom is -0.458 e. The fourth-order valence-corrected chi connectivity index (χ4v) is 7.78. The first-order chi connectivity index (χ1) is 15.1. The summed E-state index contributed by atoms with van der Waals surface area (Å²) in [6.07, 6.45) is 4.88. The Labute approximate surface area is 189 Å². The van der Waals surface area contributed by atoms with Gasteiger partial charge in [-0.3, -0.25) is 14.4 Å². The summed E-state index contributed by atoms with van der Waals surface area (Å²) in [5.41, 5.74) is -1.23. The van der Waals surface area contributed by atoms with E-state index in [-0.39, 0.29) is 48.1 Å². The number of Topliss-reactive ketones (excluding diaryl/α,β-unsaturated/α-hetero) is 1. The van der Waals surface area contributed by atoms with Gasteiger partial charge < -0.3 is 14.2 Å². The number of carbonyl (C=O) groups excluding carboxylic acids is 3. The van der Waals surface area contributed by atoms with Crippen LogP contribution < -0.4 is 0 Å². The summed E-state index contributed by atoms with van der Waals surface area (Å²) in [4.78, 5) is 36.8. The summed E-state index contributed by atoms with van der Waals surface area (Å²) in [7, 11) is 1.52. The van der Waals surface area contributed by atoms with Crippen LogP contribution in [0.25, 0.3) is 0 Å². The minimum absolute atomic E-state index is 0.0271. The number of fused-ring (bicyclic) bond motifs is 5. The Kier molecular flexibility index (Phi) is 6.12. The Hall–Kier alpha value is -1.60. The van der Waals surface area contributed by atoms with Gasteiger partial charge >= 0.3 is 5.97 Å². The van der Waals surface area contributed by atoms with E-state index >= 15 is 4.39 Å².